The lowest BCUT2D eigenvalue weighted by molar-refractivity contribution is -0.113. The van der Waals surface area contributed by atoms with Crippen molar-refractivity contribution in [2.45, 2.75) is 25.5 Å². The average Bonchev–Trinajstić information content (AvgIpc) is 3.27. The van der Waals surface area contributed by atoms with Crippen LogP contribution in [0.3, 0.4) is 0 Å². The minimum atomic E-state index is -0.207. The molecule has 0 aliphatic heterocycles. The fraction of sp³-hybridized carbons (Fsp3) is 0.250. The number of carbonyl (C=O) groups excluding carboxylic acids is 1. The second-order valence-electron chi connectivity index (χ2n) is 5.65. The Bertz CT molecular complexity index is 1210. The number of benzene rings is 1. The molecule has 138 valence electrons. The molecule has 1 N–H and O–H groups in total. The predicted octanol–water partition coefficient (Wildman–Crippen LogP) is 1.95. The van der Waals surface area contributed by atoms with Gasteiger partial charge in [0.15, 0.2) is 5.16 Å². The predicted molar refractivity (Wildman–Crippen MR) is 104 cm³/mol. The Morgan fingerprint density at radius 3 is 2.78 bits per heavy atom. The van der Waals surface area contributed by atoms with E-state index in [0.29, 0.717) is 28.0 Å². The van der Waals surface area contributed by atoms with E-state index in [1.165, 1.54) is 23.1 Å². The molecule has 4 aromatic rings. The van der Waals surface area contributed by atoms with Crippen LogP contribution < -0.4 is 10.9 Å². The van der Waals surface area contributed by atoms with Crippen molar-refractivity contribution in [3.05, 3.63) is 39.6 Å². The summed E-state index contributed by atoms with van der Waals surface area (Å²) in [5.74, 6) is 0.392. The third-order valence-electron chi connectivity index (χ3n) is 3.90. The lowest BCUT2D eigenvalue weighted by atomic mass is 10.2. The van der Waals surface area contributed by atoms with Gasteiger partial charge in [-0.05, 0) is 26.0 Å². The molecule has 0 radical (unpaired) electrons. The van der Waals surface area contributed by atoms with Gasteiger partial charge in [0.05, 0.1) is 16.7 Å². The molecule has 0 saturated heterocycles. The van der Waals surface area contributed by atoms with Gasteiger partial charge in [0.1, 0.15) is 5.01 Å². The van der Waals surface area contributed by atoms with Crippen LogP contribution in [0.25, 0.3) is 16.7 Å². The van der Waals surface area contributed by atoms with Crippen molar-refractivity contribution in [3.8, 4) is 0 Å². The van der Waals surface area contributed by atoms with Gasteiger partial charge in [-0.15, -0.1) is 20.4 Å². The molecule has 1 aromatic carbocycles. The Morgan fingerprint density at radius 2 is 2.04 bits per heavy atom. The molecule has 4 rings (SSSR count). The fourth-order valence-corrected chi connectivity index (χ4v) is 4.09. The normalized spacial score (nSPS) is 11.3. The summed E-state index contributed by atoms with van der Waals surface area (Å²) in [6.07, 6.45) is 0. The highest BCUT2D eigenvalue weighted by Crippen LogP contribution is 2.22. The van der Waals surface area contributed by atoms with Gasteiger partial charge in [-0.3, -0.25) is 23.9 Å². The third kappa shape index (κ3) is 3.19. The molecule has 3 aromatic heterocycles. The van der Waals surface area contributed by atoms with Crippen LogP contribution in [0, 0.1) is 6.92 Å². The van der Waals surface area contributed by atoms with Gasteiger partial charge >= 0.3 is 0 Å². The molecular formula is C16H15N7O2S2. The number of hydrogen-bond acceptors (Lipinski definition) is 8. The smallest absolute Gasteiger partial charge is 0.262 e. The van der Waals surface area contributed by atoms with Crippen LogP contribution in [-0.4, -0.2) is 41.0 Å². The topological polar surface area (TPSA) is 107 Å². The summed E-state index contributed by atoms with van der Waals surface area (Å²) in [4.78, 5) is 24.8. The Morgan fingerprint density at radius 1 is 1.22 bits per heavy atom. The monoisotopic (exact) mass is 401 g/mol. The summed E-state index contributed by atoms with van der Waals surface area (Å²) in [6, 6.07) is 7.31. The highest BCUT2D eigenvalue weighted by molar-refractivity contribution is 7.99. The molecule has 0 atom stereocenters. The molecule has 0 spiro atoms. The lowest BCUT2D eigenvalue weighted by Gasteiger charge is -2.09. The number of aryl methyl sites for hydroxylation is 2. The summed E-state index contributed by atoms with van der Waals surface area (Å²) >= 11 is 2.56. The Labute approximate surface area is 161 Å². The molecular weight excluding hydrogens is 386 g/mol. The van der Waals surface area contributed by atoms with Crippen molar-refractivity contribution >= 4 is 50.8 Å². The van der Waals surface area contributed by atoms with Crippen molar-refractivity contribution in [1.82, 2.24) is 29.4 Å². The number of anilines is 1. The number of fused-ring (bicyclic) bond motifs is 3. The lowest BCUT2D eigenvalue weighted by Crippen LogP contribution is -2.22. The quantitative estimate of drug-likeness (QED) is 0.509. The first kappa shape index (κ1) is 17.6. The number of para-hydroxylation sites is 1. The standard InChI is InChI=1S/C16H15N7O2S2/c1-3-22-13(25)10-6-4-5-7-11(10)23-15(22)20-21-16(23)26-8-12(24)17-14-19-18-9(2)27-14/h4-7H,3,8H2,1-2H3,(H,17,19,24). The van der Waals surface area contributed by atoms with E-state index in [1.54, 1.807) is 10.6 Å². The maximum Gasteiger partial charge on any atom is 0.262 e. The summed E-state index contributed by atoms with van der Waals surface area (Å²) in [5.41, 5.74) is 0.615. The molecule has 0 aliphatic rings. The maximum atomic E-state index is 12.7. The Balaban J connectivity index is 1.67. The number of carbonyl (C=O) groups is 1. The zero-order valence-electron chi connectivity index (χ0n) is 14.5. The van der Waals surface area contributed by atoms with E-state index >= 15 is 0 Å². The minimum absolute atomic E-state index is 0.103. The highest BCUT2D eigenvalue weighted by Gasteiger charge is 2.17. The van der Waals surface area contributed by atoms with Crippen molar-refractivity contribution < 1.29 is 4.79 Å². The van der Waals surface area contributed by atoms with Crippen LogP contribution in [0.4, 0.5) is 5.13 Å². The van der Waals surface area contributed by atoms with Crippen LogP contribution in [0.2, 0.25) is 0 Å². The zero-order valence-corrected chi connectivity index (χ0v) is 16.2. The second kappa shape index (κ2) is 7.08. The van der Waals surface area contributed by atoms with Crippen molar-refractivity contribution in [2.24, 2.45) is 0 Å². The number of nitrogens with one attached hydrogen (secondary N) is 1. The highest BCUT2D eigenvalue weighted by atomic mass is 32.2. The molecule has 1 amide bonds. The van der Waals surface area contributed by atoms with E-state index < -0.39 is 0 Å². The van der Waals surface area contributed by atoms with Crippen LogP contribution in [0.15, 0.2) is 34.2 Å². The number of hydrogen-bond donors (Lipinski definition) is 1. The summed E-state index contributed by atoms with van der Waals surface area (Å²) < 4.78 is 3.39. The van der Waals surface area contributed by atoms with E-state index in [4.69, 9.17) is 0 Å². The molecule has 11 heteroatoms. The first-order valence-corrected chi connectivity index (χ1v) is 9.98. The number of aromatic nitrogens is 6. The summed E-state index contributed by atoms with van der Waals surface area (Å²) in [6.45, 7) is 4.19. The van der Waals surface area contributed by atoms with E-state index in [9.17, 15) is 9.59 Å². The largest absolute Gasteiger partial charge is 0.300 e. The minimum Gasteiger partial charge on any atom is -0.300 e. The van der Waals surface area contributed by atoms with Gasteiger partial charge in [0.2, 0.25) is 16.8 Å². The summed E-state index contributed by atoms with van der Waals surface area (Å²) in [7, 11) is 0. The molecule has 0 aliphatic carbocycles. The fourth-order valence-electron chi connectivity index (χ4n) is 2.74. The van der Waals surface area contributed by atoms with Gasteiger partial charge in [0.25, 0.3) is 5.56 Å². The molecule has 0 bridgehead atoms. The van der Waals surface area contributed by atoms with Gasteiger partial charge in [-0.1, -0.05) is 35.2 Å². The molecule has 0 saturated carbocycles. The van der Waals surface area contributed by atoms with Crippen LogP contribution >= 0.6 is 23.1 Å². The average molecular weight is 401 g/mol. The van der Waals surface area contributed by atoms with E-state index in [-0.39, 0.29) is 17.2 Å². The van der Waals surface area contributed by atoms with Gasteiger partial charge in [-0.2, -0.15) is 0 Å². The van der Waals surface area contributed by atoms with Crippen LogP contribution in [-0.2, 0) is 11.3 Å². The molecule has 0 fully saturated rings. The Hall–Kier alpha value is -2.79. The number of rotatable bonds is 5. The van der Waals surface area contributed by atoms with Gasteiger partial charge in [-0.25, -0.2) is 0 Å². The van der Waals surface area contributed by atoms with Crippen LogP contribution in [0.1, 0.15) is 11.9 Å². The van der Waals surface area contributed by atoms with E-state index in [2.05, 4.69) is 25.7 Å². The number of nitrogens with zero attached hydrogens (tertiary/aromatic N) is 6. The van der Waals surface area contributed by atoms with Crippen molar-refractivity contribution in [3.63, 3.8) is 0 Å². The zero-order chi connectivity index (χ0) is 19.0. The van der Waals surface area contributed by atoms with Gasteiger partial charge < -0.3 is 0 Å². The number of amides is 1. The molecule has 9 nitrogen and oxygen atoms in total. The summed E-state index contributed by atoms with van der Waals surface area (Å²) in [5, 5.41) is 21.2. The van der Waals surface area contributed by atoms with Crippen LogP contribution in [0.5, 0.6) is 0 Å². The molecule has 0 unspecified atom stereocenters. The Kier molecular flexibility index (Phi) is 4.62. The van der Waals surface area contributed by atoms with Gasteiger partial charge in [0, 0.05) is 6.54 Å². The maximum absolute atomic E-state index is 12.7. The molecule has 3 heterocycles. The first-order chi connectivity index (χ1) is 13.1. The van der Waals surface area contributed by atoms with Crippen molar-refractivity contribution in [1.29, 1.82) is 0 Å². The van der Waals surface area contributed by atoms with E-state index in [1.807, 2.05) is 36.4 Å². The second-order valence-corrected chi connectivity index (χ2v) is 7.77. The number of thioether (sulfide) groups is 1. The first-order valence-electron chi connectivity index (χ1n) is 8.18. The van der Waals surface area contributed by atoms with Crippen molar-refractivity contribution in [2.75, 3.05) is 11.1 Å². The molecule has 27 heavy (non-hydrogen) atoms. The third-order valence-corrected chi connectivity index (χ3v) is 5.58. The SMILES string of the molecule is CCn1c(=O)c2ccccc2n2c(SCC(=O)Nc3nnc(C)s3)nnc12. The van der Waals surface area contributed by atoms with E-state index in [0.717, 1.165) is 10.5 Å².